The standard InChI is InChI=1S/C12H16N2O2/c1-14(9-4-6-10(15)7-5-9)12(16)11-3-2-8-13-11/h4-7,11,13,15H,2-3,8H2,1H3/t11-/m1/s1. The number of carbonyl (C=O) groups is 1. The molecule has 86 valence electrons. The molecular formula is C12H16N2O2. The number of aromatic hydroxyl groups is 1. The van der Waals surface area contributed by atoms with Crippen molar-refractivity contribution in [2.45, 2.75) is 18.9 Å². The van der Waals surface area contributed by atoms with Crippen LogP contribution in [-0.4, -0.2) is 30.6 Å². The Labute approximate surface area is 94.9 Å². The van der Waals surface area contributed by atoms with Crippen molar-refractivity contribution in [2.24, 2.45) is 0 Å². The SMILES string of the molecule is CN(C(=O)[C@H]1CCCN1)c1ccc(O)cc1. The molecule has 1 aliphatic heterocycles. The number of phenolic OH excluding ortho intramolecular Hbond substituents is 1. The monoisotopic (exact) mass is 220 g/mol. The maximum Gasteiger partial charge on any atom is 0.243 e. The van der Waals surface area contributed by atoms with Gasteiger partial charge in [-0.3, -0.25) is 4.79 Å². The van der Waals surface area contributed by atoms with Gasteiger partial charge in [0, 0.05) is 12.7 Å². The van der Waals surface area contributed by atoms with E-state index in [4.69, 9.17) is 0 Å². The molecule has 0 unspecified atom stereocenters. The highest BCUT2D eigenvalue weighted by Crippen LogP contribution is 2.19. The average Bonchev–Trinajstić information content (AvgIpc) is 2.81. The van der Waals surface area contributed by atoms with Crippen molar-refractivity contribution in [2.75, 3.05) is 18.5 Å². The van der Waals surface area contributed by atoms with E-state index in [1.165, 1.54) is 0 Å². The lowest BCUT2D eigenvalue weighted by atomic mass is 10.2. The number of nitrogens with one attached hydrogen (secondary N) is 1. The summed E-state index contributed by atoms with van der Waals surface area (Å²) in [5.41, 5.74) is 0.802. The Balaban J connectivity index is 2.08. The van der Waals surface area contributed by atoms with Gasteiger partial charge in [-0.2, -0.15) is 0 Å². The lowest BCUT2D eigenvalue weighted by Gasteiger charge is -2.21. The van der Waals surface area contributed by atoms with Crippen LogP contribution in [0.25, 0.3) is 0 Å². The van der Waals surface area contributed by atoms with Gasteiger partial charge in [-0.25, -0.2) is 0 Å². The van der Waals surface area contributed by atoms with Crippen LogP contribution in [0.15, 0.2) is 24.3 Å². The van der Waals surface area contributed by atoms with E-state index in [-0.39, 0.29) is 17.7 Å². The number of amides is 1. The molecule has 1 atom stereocenters. The zero-order chi connectivity index (χ0) is 11.5. The summed E-state index contributed by atoms with van der Waals surface area (Å²) in [6.07, 6.45) is 1.96. The number of nitrogens with zero attached hydrogens (tertiary/aromatic N) is 1. The zero-order valence-electron chi connectivity index (χ0n) is 9.31. The van der Waals surface area contributed by atoms with E-state index in [0.29, 0.717) is 0 Å². The van der Waals surface area contributed by atoms with Crippen LogP contribution >= 0.6 is 0 Å². The zero-order valence-corrected chi connectivity index (χ0v) is 9.31. The summed E-state index contributed by atoms with van der Waals surface area (Å²) in [7, 11) is 1.76. The fourth-order valence-electron chi connectivity index (χ4n) is 1.93. The Bertz CT molecular complexity index is 369. The average molecular weight is 220 g/mol. The highest BCUT2D eigenvalue weighted by Gasteiger charge is 2.25. The molecule has 4 heteroatoms. The molecule has 0 saturated carbocycles. The lowest BCUT2D eigenvalue weighted by molar-refractivity contribution is -0.119. The number of hydrogen-bond donors (Lipinski definition) is 2. The third kappa shape index (κ3) is 2.17. The van der Waals surface area contributed by atoms with E-state index in [2.05, 4.69) is 5.32 Å². The molecule has 2 N–H and O–H groups in total. The van der Waals surface area contributed by atoms with Crippen LogP contribution in [0.1, 0.15) is 12.8 Å². The molecule has 1 aromatic rings. The second-order valence-electron chi connectivity index (χ2n) is 4.06. The van der Waals surface area contributed by atoms with Gasteiger partial charge in [0.2, 0.25) is 5.91 Å². The predicted molar refractivity (Wildman–Crippen MR) is 62.5 cm³/mol. The van der Waals surface area contributed by atoms with Gasteiger partial charge in [-0.15, -0.1) is 0 Å². The van der Waals surface area contributed by atoms with E-state index >= 15 is 0 Å². The van der Waals surface area contributed by atoms with Crippen LogP contribution in [0.2, 0.25) is 0 Å². The highest BCUT2D eigenvalue weighted by atomic mass is 16.3. The molecule has 1 fully saturated rings. The third-order valence-electron chi connectivity index (χ3n) is 2.93. The summed E-state index contributed by atoms with van der Waals surface area (Å²) >= 11 is 0. The number of phenols is 1. The van der Waals surface area contributed by atoms with Gasteiger partial charge in [0.1, 0.15) is 5.75 Å². The van der Waals surface area contributed by atoms with Crippen LogP contribution in [0.4, 0.5) is 5.69 Å². The van der Waals surface area contributed by atoms with E-state index in [9.17, 15) is 9.90 Å². The van der Waals surface area contributed by atoms with Gasteiger partial charge in [-0.05, 0) is 43.7 Å². The van der Waals surface area contributed by atoms with Crippen molar-refractivity contribution in [3.8, 4) is 5.75 Å². The minimum atomic E-state index is -0.0567. The first-order valence-corrected chi connectivity index (χ1v) is 5.48. The van der Waals surface area contributed by atoms with Crippen molar-refractivity contribution >= 4 is 11.6 Å². The highest BCUT2D eigenvalue weighted by molar-refractivity contribution is 5.96. The molecule has 0 aliphatic carbocycles. The number of anilines is 1. The molecule has 0 bridgehead atoms. The molecule has 4 nitrogen and oxygen atoms in total. The quantitative estimate of drug-likeness (QED) is 0.785. The van der Waals surface area contributed by atoms with Gasteiger partial charge in [-0.1, -0.05) is 0 Å². The molecule has 1 saturated heterocycles. The normalized spacial score (nSPS) is 19.7. The second kappa shape index (κ2) is 4.53. The lowest BCUT2D eigenvalue weighted by Crippen LogP contribution is -2.41. The van der Waals surface area contributed by atoms with Crippen molar-refractivity contribution in [3.63, 3.8) is 0 Å². The summed E-state index contributed by atoms with van der Waals surface area (Å²) in [5, 5.41) is 12.4. The van der Waals surface area contributed by atoms with E-state index < -0.39 is 0 Å². The smallest absolute Gasteiger partial charge is 0.243 e. The van der Waals surface area contributed by atoms with Crippen LogP contribution in [0.3, 0.4) is 0 Å². The van der Waals surface area contributed by atoms with Gasteiger partial charge >= 0.3 is 0 Å². The molecule has 0 radical (unpaired) electrons. The first kappa shape index (κ1) is 11.0. The van der Waals surface area contributed by atoms with Gasteiger partial charge < -0.3 is 15.3 Å². The topological polar surface area (TPSA) is 52.6 Å². The molecule has 2 rings (SSSR count). The fraction of sp³-hybridized carbons (Fsp3) is 0.417. The summed E-state index contributed by atoms with van der Waals surface area (Å²) in [4.78, 5) is 13.7. The molecule has 16 heavy (non-hydrogen) atoms. The maximum atomic E-state index is 12.0. The van der Waals surface area contributed by atoms with Crippen LogP contribution in [-0.2, 0) is 4.79 Å². The Morgan fingerprint density at radius 3 is 2.69 bits per heavy atom. The Morgan fingerprint density at radius 2 is 2.12 bits per heavy atom. The third-order valence-corrected chi connectivity index (χ3v) is 2.93. The van der Waals surface area contributed by atoms with Crippen molar-refractivity contribution in [1.82, 2.24) is 5.32 Å². The molecule has 1 aliphatic rings. The maximum absolute atomic E-state index is 12.0. The minimum absolute atomic E-state index is 0.0567. The van der Waals surface area contributed by atoms with Crippen LogP contribution < -0.4 is 10.2 Å². The van der Waals surface area contributed by atoms with Crippen molar-refractivity contribution in [1.29, 1.82) is 0 Å². The Kier molecular flexibility index (Phi) is 3.10. The van der Waals surface area contributed by atoms with Crippen molar-refractivity contribution < 1.29 is 9.90 Å². The minimum Gasteiger partial charge on any atom is -0.508 e. The first-order valence-electron chi connectivity index (χ1n) is 5.48. The van der Waals surface area contributed by atoms with E-state index in [1.807, 2.05) is 0 Å². The number of likely N-dealkylation sites (N-methyl/N-ethyl adjacent to an activating group) is 1. The predicted octanol–water partition coefficient (Wildman–Crippen LogP) is 1.11. The number of carbonyl (C=O) groups excluding carboxylic acids is 1. The van der Waals surface area contributed by atoms with Crippen molar-refractivity contribution in [3.05, 3.63) is 24.3 Å². The molecule has 1 aromatic carbocycles. The van der Waals surface area contributed by atoms with Crippen LogP contribution in [0.5, 0.6) is 5.75 Å². The summed E-state index contributed by atoms with van der Waals surface area (Å²) < 4.78 is 0. The Hall–Kier alpha value is -1.55. The van der Waals surface area contributed by atoms with Gasteiger partial charge in [0.15, 0.2) is 0 Å². The first-order chi connectivity index (χ1) is 7.68. The molecular weight excluding hydrogens is 204 g/mol. The van der Waals surface area contributed by atoms with Gasteiger partial charge in [0.05, 0.1) is 6.04 Å². The number of hydrogen-bond acceptors (Lipinski definition) is 3. The summed E-state index contributed by atoms with van der Waals surface area (Å²) in [5.74, 6) is 0.298. The van der Waals surface area contributed by atoms with E-state index in [0.717, 1.165) is 25.1 Å². The number of benzene rings is 1. The second-order valence-corrected chi connectivity index (χ2v) is 4.06. The summed E-state index contributed by atoms with van der Waals surface area (Å²) in [6.45, 7) is 0.916. The molecule has 1 heterocycles. The van der Waals surface area contributed by atoms with E-state index in [1.54, 1.807) is 36.2 Å². The molecule has 0 spiro atoms. The number of rotatable bonds is 2. The summed E-state index contributed by atoms with van der Waals surface area (Å²) in [6, 6.07) is 6.59. The largest absolute Gasteiger partial charge is 0.508 e. The fourth-order valence-corrected chi connectivity index (χ4v) is 1.93. The van der Waals surface area contributed by atoms with Gasteiger partial charge in [0.25, 0.3) is 0 Å². The Morgan fingerprint density at radius 1 is 1.44 bits per heavy atom. The van der Waals surface area contributed by atoms with Crippen LogP contribution in [0, 0.1) is 0 Å². The molecule has 1 amide bonds. The molecule has 0 aromatic heterocycles.